The molecular weight excluding hydrogens is 470 g/mol. The highest BCUT2D eigenvalue weighted by atomic mass is 32.2. The van der Waals surface area contributed by atoms with E-state index in [1.54, 1.807) is 12.2 Å². The fourth-order valence-electron chi connectivity index (χ4n) is 3.26. The van der Waals surface area contributed by atoms with Gasteiger partial charge in [-0.25, -0.2) is 9.78 Å². The number of allylic oxidation sites excluding steroid dienone is 1. The van der Waals surface area contributed by atoms with Crippen LogP contribution in [0.25, 0.3) is 6.08 Å². The van der Waals surface area contributed by atoms with Crippen LogP contribution in [-0.4, -0.2) is 72.7 Å². The molecule has 1 fully saturated rings. The summed E-state index contributed by atoms with van der Waals surface area (Å²) in [6.07, 6.45) is 7.81. The number of β-lactam (4-membered cyclic amide) rings is 1. The first-order chi connectivity index (χ1) is 15.9. The van der Waals surface area contributed by atoms with Crippen LogP contribution in [0.5, 0.6) is 0 Å². The molecule has 2 aromatic rings. The lowest BCUT2D eigenvalue weighted by molar-refractivity contribution is -0.150. The topological polar surface area (TPSA) is 173 Å². The SMILES string of the molecule is CO/N=C(\C(=O)N[C@@H]1C(=O)N2C(C(=O)O)=C(/C=C/c3cnccn3)CS[C@@H]12)c1csc(N)n1. The summed E-state index contributed by atoms with van der Waals surface area (Å²) >= 11 is 2.46. The molecule has 0 unspecified atom stereocenters. The van der Waals surface area contributed by atoms with Crippen molar-refractivity contribution in [3.63, 3.8) is 0 Å². The highest BCUT2D eigenvalue weighted by Gasteiger charge is 2.54. The molecule has 0 saturated carbocycles. The lowest BCUT2D eigenvalue weighted by atomic mass is 10.0. The van der Waals surface area contributed by atoms with Crippen molar-refractivity contribution in [3.8, 4) is 0 Å². The summed E-state index contributed by atoms with van der Waals surface area (Å²) in [7, 11) is 1.27. The maximum absolute atomic E-state index is 12.8. The van der Waals surface area contributed by atoms with E-state index in [1.165, 1.54) is 47.7 Å². The summed E-state index contributed by atoms with van der Waals surface area (Å²) in [5.41, 5.74) is 6.56. The molecule has 0 bridgehead atoms. The smallest absolute Gasteiger partial charge is 0.352 e. The molecule has 0 aromatic carbocycles. The van der Waals surface area contributed by atoms with Gasteiger partial charge < -0.3 is 21.0 Å². The molecule has 170 valence electrons. The highest BCUT2D eigenvalue weighted by molar-refractivity contribution is 8.00. The second kappa shape index (κ2) is 9.38. The average Bonchev–Trinajstić information content (AvgIpc) is 3.25. The number of nitrogens with one attached hydrogen (secondary N) is 1. The van der Waals surface area contributed by atoms with Gasteiger partial charge in [-0.2, -0.15) is 0 Å². The van der Waals surface area contributed by atoms with Gasteiger partial charge >= 0.3 is 5.97 Å². The Morgan fingerprint density at radius 1 is 1.39 bits per heavy atom. The summed E-state index contributed by atoms with van der Waals surface area (Å²) in [4.78, 5) is 55.6. The monoisotopic (exact) mass is 487 g/mol. The predicted molar refractivity (Wildman–Crippen MR) is 121 cm³/mol. The Labute approximate surface area is 195 Å². The Morgan fingerprint density at radius 2 is 2.21 bits per heavy atom. The number of thioether (sulfide) groups is 1. The molecule has 33 heavy (non-hydrogen) atoms. The Balaban J connectivity index is 1.53. The summed E-state index contributed by atoms with van der Waals surface area (Å²) in [6, 6.07) is -0.930. The van der Waals surface area contributed by atoms with Crippen LogP contribution in [0.15, 0.2) is 46.5 Å². The molecule has 1 saturated heterocycles. The molecule has 0 aliphatic carbocycles. The van der Waals surface area contributed by atoms with Crippen molar-refractivity contribution >= 4 is 57.8 Å². The number of aliphatic carboxylic acids is 1. The number of anilines is 1. The third-order valence-electron chi connectivity index (χ3n) is 4.69. The third kappa shape index (κ3) is 4.42. The molecule has 2 amide bonds. The van der Waals surface area contributed by atoms with E-state index >= 15 is 0 Å². The number of aromatic nitrogens is 3. The van der Waals surface area contributed by atoms with Gasteiger partial charge in [-0.05, 0) is 11.6 Å². The fourth-order valence-corrected chi connectivity index (χ4v) is 5.12. The fraction of sp³-hybridized carbons (Fsp3) is 0.211. The van der Waals surface area contributed by atoms with Crippen LogP contribution in [0, 0.1) is 0 Å². The number of oxime groups is 1. The highest BCUT2D eigenvalue weighted by Crippen LogP contribution is 2.40. The molecule has 12 nitrogen and oxygen atoms in total. The van der Waals surface area contributed by atoms with Gasteiger partial charge in [0.15, 0.2) is 10.8 Å². The van der Waals surface area contributed by atoms with Crippen LogP contribution in [0.2, 0.25) is 0 Å². The largest absolute Gasteiger partial charge is 0.477 e. The van der Waals surface area contributed by atoms with Crippen molar-refractivity contribution < 1.29 is 24.3 Å². The molecule has 4 rings (SSSR count). The van der Waals surface area contributed by atoms with Crippen LogP contribution >= 0.6 is 23.1 Å². The predicted octanol–water partition coefficient (Wildman–Crippen LogP) is 0.318. The molecular formula is C19H17N7O5S2. The molecule has 2 aliphatic rings. The number of carbonyl (C=O) groups excluding carboxylic acids is 2. The van der Waals surface area contributed by atoms with Crippen molar-refractivity contribution in [2.75, 3.05) is 18.6 Å². The maximum Gasteiger partial charge on any atom is 0.352 e. The number of nitrogen functional groups attached to an aromatic ring is 1. The minimum Gasteiger partial charge on any atom is -0.477 e. The van der Waals surface area contributed by atoms with Gasteiger partial charge in [0, 0.05) is 23.5 Å². The van der Waals surface area contributed by atoms with Crippen molar-refractivity contribution in [1.29, 1.82) is 0 Å². The number of nitrogens with zero attached hydrogens (tertiary/aromatic N) is 5. The summed E-state index contributed by atoms with van der Waals surface area (Å²) in [5, 5.41) is 17.3. The first-order valence-corrected chi connectivity index (χ1v) is 11.3. The van der Waals surface area contributed by atoms with Gasteiger partial charge in [0.1, 0.15) is 29.9 Å². The van der Waals surface area contributed by atoms with E-state index in [1.807, 2.05) is 0 Å². The zero-order valence-electron chi connectivity index (χ0n) is 17.0. The van der Waals surface area contributed by atoms with Gasteiger partial charge in [0.25, 0.3) is 11.8 Å². The Morgan fingerprint density at radius 3 is 2.85 bits per heavy atom. The van der Waals surface area contributed by atoms with E-state index in [-0.39, 0.29) is 22.2 Å². The van der Waals surface area contributed by atoms with Crippen molar-refractivity contribution in [2.45, 2.75) is 11.4 Å². The van der Waals surface area contributed by atoms with E-state index in [0.717, 1.165) is 11.3 Å². The lowest BCUT2D eigenvalue weighted by Crippen LogP contribution is -2.71. The zero-order chi connectivity index (χ0) is 23.5. The van der Waals surface area contributed by atoms with Crippen LogP contribution in [-0.2, 0) is 19.2 Å². The Bertz CT molecular complexity index is 1190. The maximum atomic E-state index is 12.8. The number of carboxylic acids is 1. The quantitative estimate of drug-likeness (QED) is 0.280. The van der Waals surface area contributed by atoms with Crippen LogP contribution in [0.3, 0.4) is 0 Å². The van der Waals surface area contributed by atoms with Gasteiger partial charge in [-0.1, -0.05) is 11.2 Å². The molecule has 4 N–H and O–H groups in total. The van der Waals surface area contributed by atoms with Gasteiger partial charge in [-0.15, -0.1) is 23.1 Å². The molecule has 14 heteroatoms. The second-order valence-corrected chi connectivity index (χ2v) is 8.69. The minimum absolute atomic E-state index is 0.132. The average molecular weight is 488 g/mol. The first kappa shape index (κ1) is 22.4. The number of rotatable bonds is 7. The summed E-state index contributed by atoms with van der Waals surface area (Å²) < 4.78 is 0. The number of hydrogen-bond acceptors (Lipinski definition) is 11. The summed E-state index contributed by atoms with van der Waals surface area (Å²) in [5.74, 6) is -2.15. The zero-order valence-corrected chi connectivity index (χ0v) is 18.7. The van der Waals surface area contributed by atoms with E-state index in [9.17, 15) is 19.5 Å². The number of amides is 2. The number of carbonyl (C=O) groups is 3. The van der Waals surface area contributed by atoms with E-state index < -0.39 is 29.2 Å². The first-order valence-electron chi connectivity index (χ1n) is 9.39. The standard InChI is InChI=1S/C19H17N7O5S2/c1-31-25-12(11-8-33-19(20)23-11)15(27)24-13-16(28)26-14(18(29)30)9(7-32-17(13)26)2-3-10-6-21-4-5-22-10/h2-6,8,13,17H,7H2,1H3,(H2,20,23)(H,24,27)(H,29,30)/b3-2+,25-12-/t13-,17+/m1/s1. The van der Waals surface area contributed by atoms with Crippen molar-refractivity contribution in [1.82, 2.24) is 25.2 Å². The van der Waals surface area contributed by atoms with Crippen molar-refractivity contribution in [3.05, 3.63) is 52.7 Å². The summed E-state index contributed by atoms with van der Waals surface area (Å²) in [6.45, 7) is 0. The molecule has 0 spiro atoms. The minimum atomic E-state index is -1.24. The third-order valence-corrected chi connectivity index (χ3v) is 6.66. The normalized spacial score (nSPS) is 20.5. The van der Waals surface area contributed by atoms with Gasteiger partial charge in [0.2, 0.25) is 0 Å². The lowest BCUT2D eigenvalue weighted by Gasteiger charge is -2.49. The van der Waals surface area contributed by atoms with Crippen LogP contribution in [0.4, 0.5) is 5.13 Å². The van der Waals surface area contributed by atoms with Gasteiger partial charge in [-0.3, -0.25) is 24.5 Å². The molecule has 2 aromatic heterocycles. The van der Waals surface area contributed by atoms with Crippen LogP contribution < -0.4 is 11.1 Å². The molecule has 0 radical (unpaired) electrons. The number of nitrogens with two attached hydrogens (primary N) is 1. The van der Waals surface area contributed by atoms with Crippen molar-refractivity contribution in [2.24, 2.45) is 5.16 Å². The van der Waals surface area contributed by atoms with Gasteiger partial charge in [0.05, 0.1) is 11.9 Å². The molecule has 2 atom stereocenters. The number of hydrogen-bond donors (Lipinski definition) is 3. The number of thiazole rings is 1. The Hall–Kier alpha value is -3.78. The van der Waals surface area contributed by atoms with E-state index in [0.29, 0.717) is 17.0 Å². The molecule has 2 aliphatic heterocycles. The number of carboxylic acid groups (broad SMARTS) is 1. The molecule has 4 heterocycles. The number of fused-ring (bicyclic) bond motifs is 1. The second-order valence-electron chi connectivity index (χ2n) is 6.70. The van der Waals surface area contributed by atoms with Crippen LogP contribution in [0.1, 0.15) is 11.4 Å². The van der Waals surface area contributed by atoms with E-state index in [4.69, 9.17) is 10.6 Å². The van der Waals surface area contributed by atoms with E-state index in [2.05, 4.69) is 25.4 Å². The Kier molecular flexibility index (Phi) is 6.37.